The average molecular weight is 352 g/mol. The molecule has 2 aromatic carbocycles. The number of methoxy groups -OCH3 is 1. The highest BCUT2D eigenvalue weighted by atomic mass is 16.5. The normalized spacial score (nSPS) is 16.4. The van der Waals surface area contributed by atoms with Gasteiger partial charge in [0.05, 0.1) is 13.5 Å². The lowest BCUT2D eigenvalue weighted by molar-refractivity contribution is -0.143. The van der Waals surface area contributed by atoms with Gasteiger partial charge < -0.3 is 15.0 Å². The zero-order valence-corrected chi connectivity index (χ0v) is 15.4. The predicted molar refractivity (Wildman–Crippen MR) is 99.7 cm³/mol. The van der Waals surface area contributed by atoms with Gasteiger partial charge in [0.2, 0.25) is 11.8 Å². The lowest BCUT2D eigenvalue weighted by atomic mass is 9.90. The summed E-state index contributed by atoms with van der Waals surface area (Å²) >= 11 is 0. The number of carbonyl (C=O) groups is 2. The molecule has 1 aliphatic heterocycles. The van der Waals surface area contributed by atoms with Crippen LogP contribution in [0.25, 0.3) is 0 Å². The lowest BCUT2D eigenvalue weighted by Gasteiger charge is -2.39. The Morgan fingerprint density at radius 2 is 1.88 bits per heavy atom. The maximum absolute atomic E-state index is 13.0. The number of carbonyl (C=O) groups excluding carboxylic acids is 2. The van der Waals surface area contributed by atoms with Crippen LogP contribution >= 0.6 is 0 Å². The van der Waals surface area contributed by atoms with Crippen molar-refractivity contribution >= 4 is 11.8 Å². The van der Waals surface area contributed by atoms with Crippen LogP contribution in [0.1, 0.15) is 36.6 Å². The highest BCUT2D eigenvalue weighted by Crippen LogP contribution is 2.32. The molecule has 0 fully saturated rings. The summed E-state index contributed by atoms with van der Waals surface area (Å²) in [4.78, 5) is 27.3. The summed E-state index contributed by atoms with van der Waals surface area (Å²) in [5, 5.41) is 2.98. The molecule has 1 heterocycles. The summed E-state index contributed by atoms with van der Waals surface area (Å²) in [5.74, 6) is 0.608. The second-order valence-electron chi connectivity index (χ2n) is 6.74. The van der Waals surface area contributed by atoms with E-state index in [1.54, 1.807) is 12.0 Å². The van der Waals surface area contributed by atoms with Crippen molar-refractivity contribution in [3.8, 4) is 5.75 Å². The van der Waals surface area contributed by atoms with Gasteiger partial charge >= 0.3 is 0 Å². The number of nitrogens with one attached hydrogen (secondary N) is 1. The summed E-state index contributed by atoms with van der Waals surface area (Å²) in [6.45, 7) is 4.28. The minimum atomic E-state index is -0.592. The first-order valence-electron chi connectivity index (χ1n) is 8.81. The first-order chi connectivity index (χ1) is 12.5. The highest BCUT2D eigenvalue weighted by molar-refractivity contribution is 5.92. The first-order valence-corrected chi connectivity index (χ1v) is 8.81. The summed E-state index contributed by atoms with van der Waals surface area (Å²) < 4.78 is 5.15. The van der Waals surface area contributed by atoms with Crippen LogP contribution in [-0.4, -0.2) is 29.9 Å². The zero-order valence-electron chi connectivity index (χ0n) is 15.4. The molecule has 0 unspecified atom stereocenters. The van der Waals surface area contributed by atoms with Crippen molar-refractivity contribution in [2.75, 3.05) is 7.11 Å². The molecule has 0 saturated carbocycles. The number of hydrogen-bond acceptors (Lipinski definition) is 3. The minimum absolute atomic E-state index is 0.0108. The molecule has 1 aliphatic rings. The summed E-state index contributed by atoms with van der Waals surface area (Å²) in [6, 6.07) is 14.6. The average Bonchev–Trinajstić information content (AvgIpc) is 2.65. The third-order valence-corrected chi connectivity index (χ3v) is 4.69. The van der Waals surface area contributed by atoms with Crippen molar-refractivity contribution < 1.29 is 14.3 Å². The highest BCUT2D eigenvalue weighted by Gasteiger charge is 2.38. The fourth-order valence-corrected chi connectivity index (χ4v) is 3.39. The Hall–Kier alpha value is -2.82. The molecule has 1 atom stereocenters. The minimum Gasteiger partial charge on any atom is -0.497 e. The van der Waals surface area contributed by atoms with Gasteiger partial charge in [-0.25, -0.2) is 0 Å². The van der Waals surface area contributed by atoms with Gasteiger partial charge in [-0.1, -0.05) is 36.4 Å². The Labute approximate surface area is 154 Å². The van der Waals surface area contributed by atoms with Crippen LogP contribution < -0.4 is 10.1 Å². The van der Waals surface area contributed by atoms with Crippen molar-refractivity contribution in [1.29, 1.82) is 0 Å². The maximum Gasteiger partial charge on any atom is 0.247 e. The molecule has 3 rings (SSSR count). The molecule has 0 saturated heterocycles. The van der Waals surface area contributed by atoms with Crippen molar-refractivity contribution in [2.24, 2.45) is 0 Å². The van der Waals surface area contributed by atoms with Gasteiger partial charge in [-0.15, -0.1) is 0 Å². The van der Waals surface area contributed by atoms with Crippen LogP contribution in [0.15, 0.2) is 48.5 Å². The number of amides is 2. The van der Waals surface area contributed by atoms with Crippen LogP contribution in [0.2, 0.25) is 0 Å². The molecule has 0 bridgehead atoms. The van der Waals surface area contributed by atoms with Gasteiger partial charge in [0.25, 0.3) is 0 Å². The van der Waals surface area contributed by atoms with E-state index in [0.717, 1.165) is 22.4 Å². The van der Waals surface area contributed by atoms with E-state index in [4.69, 9.17) is 4.74 Å². The van der Waals surface area contributed by atoms with E-state index < -0.39 is 6.04 Å². The summed E-state index contributed by atoms with van der Waals surface area (Å²) in [7, 11) is 1.62. The van der Waals surface area contributed by atoms with Gasteiger partial charge in [0, 0.05) is 12.6 Å². The molecule has 26 heavy (non-hydrogen) atoms. The van der Waals surface area contributed by atoms with Gasteiger partial charge in [-0.05, 0) is 42.7 Å². The Kier molecular flexibility index (Phi) is 5.26. The summed E-state index contributed by atoms with van der Waals surface area (Å²) in [6.07, 6.45) is 0.344. The van der Waals surface area contributed by atoms with Gasteiger partial charge in [-0.2, -0.15) is 0 Å². The third-order valence-electron chi connectivity index (χ3n) is 4.69. The zero-order chi connectivity index (χ0) is 18.7. The van der Waals surface area contributed by atoms with E-state index in [0.29, 0.717) is 13.0 Å². The summed E-state index contributed by atoms with van der Waals surface area (Å²) in [5.41, 5.74) is 2.82. The monoisotopic (exact) mass is 352 g/mol. The van der Waals surface area contributed by atoms with Crippen molar-refractivity contribution in [2.45, 2.75) is 38.9 Å². The fraction of sp³-hybridized carbons (Fsp3) is 0.333. The number of ether oxygens (including phenoxy) is 1. The molecule has 0 radical (unpaired) electrons. The van der Waals surface area contributed by atoms with Crippen LogP contribution in [0.3, 0.4) is 0 Å². The van der Waals surface area contributed by atoms with E-state index in [1.807, 2.05) is 62.4 Å². The molecule has 0 spiro atoms. The molecule has 2 aromatic rings. The standard InChI is InChI=1S/C21H24N2O3/c1-14(2)23-19(24)12-16-6-4-5-7-18(16)20(23)21(25)22-13-15-8-10-17(26-3)11-9-15/h4-11,14,20H,12-13H2,1-3H3,(H,22,25)/t20-/m1/s1. The molecular weight excluding hydrogens is 328 g/mol. The van der Waals surface area contributed by atoms with E-state index >= 15 is 0 Å². The number of hydrogen-bond donors (Lipinski definition) is 1. The smallest absolute Gasteiger partial charge is 0.247 e. The lowest BCUT2D eigenvalue weighted by Crippen LogP contribution is -2.50. The van der Waals surface area contributed by atoms with E-state index in [1.165, 1.54) is 0 Å². The molecule has 0 aliphatic carbocycles. The van der Waals surface area contributed by atoms with E-state index in [-0.39, 0.29) is 17.9 Å². The van der Waals surface area contributed by atoms with Crippen LogP contribution in [0.5, 0.6) is 5.75 Å². The van der Waals surface area contributed by atoms with Gasteiger partial charge in [-0.3, -0.25) is 9.59 Å². The Morgan fingerprint density at radius 1 is 1.19 bits per heavy atom. The quantitative estimate of drug-likeness (QED) is 0.900. The van der Waals surface area contributed by atoms with E-state index in [2.05, 4.69) is 5.32 Å². The first kappa shape index (κ1) is 18.0. The number of rotatable bonds is 5. The van der Waals surface area contributed by atoms with Crippen LogP contribution in [0, 0.1) is 0 Å². The van der Waals surface area contributed by atoms with Gasteiger partial charge in [0.15, 0.2) is 0 Å². The Balaban J connectivity index is 1.81. The Bertz CT molecular complexity index is 799. The third kappa shape index (κ3) is 3.57. The van der Waals surface area contributed by atoms with Crippen LogP contribution in [0.4, 0.5) is 0 Å². The topological polar surface area (TPSA) is 58.6 Å². The fourth-order valence-electron chi connectivity index (χ4n) is 3.39. The molecule has 1 N–H and O–H groups in total. The second-order valence-corrected chi connectivity index (χ2v) is 6.74. The molecule has 5 nitrogen and oxygen atoms in total. The van der Waals surface area contributed by atoms with E-state index in [9.17, 15) is 9.59 Å². The maximum atomic E-state index is 13.0. The van der Waals surface area contributed by atoms with Crippen molar-refractivity contribution in [3.05, 3.63) is 65.2 Å². The molecular formula is C21H24N2O3. The molecule has 0 aromatic heterocycles. The SMILES string of the molecule is COc1ccc(CNC(=O)[C@H]2c3ccccc3CC(=O)N2C(C)C)cc1. The number of nitrogens with zero attached hydrogens (tertiary/aromatic N) is 1. The van der Waals surface area contributed by atoms with Crippen LogP contribution in [-0.2, 0) is 22.6 Å². The Morgan fingerprint density at radius 3 is 2.54 bits per heavy atom. The largest absolute Gasteiger partial charge is 0.497 e. The van der Waals surface area contributed by atoms with Crippen molar-refractivity contribution in [1.82, 2.24) is 10.2 Å². The second kappa shape index (κ2) is 7.60. The number of benzene rings is 2. The number of fused-ring (bicyclic) bond motifs is 1. The predicted octanol–water partition coefficient (Wildman–Crippen LogP) is 2.85. The molecule has 2 amide bonds. The molecule has 5 heteroatoms. The van der Waals surface area contributed by atoms with Crippen molar-refractivity contribution in [3.63, 3.8) is 0 Å². The molecule has 136 valence electrons. The van der Waals surface area contributed by atoms with Gasteiger partial charge in [0.1, 0.15) is 11.8 Å².